The van der Waals surface area contributed by atoms with Crippen LogP contribution in [0, 0.1) is 0 Å². The molecule has 0 bridgehead atoms. The summed E-state index contributed by atoms with van der Waals surface area (Å²) in [6, 6.07) is 5.33. The van der Waals surface area contributed by atoms with E-state index in [1.807, 2.05) is 0 Å². The molecular weight excluding hydrogens is 322 g/mol. The lowest BCUT2D eigenvalue weighted by Gasteiger charge is -2.09. The number of benzene rings is 1. The van der Waals surface area contributed by atoms with Gasteiger partial charge in [-0.2, -0.15) is 4.99 Å². The van der Waals surface area contributed by atoms with Gasteiger partial charge in [0.15, 0.2) is 15.8 Å². The molecule has 1 aromatic heterocycles. The fourth-order valence-corrected chi connectivity index (χ4v) is 2.45. The van der Waals surface area contributed by atoms with E-state index in [1.165, 1.54) is 24.5 Å². The number of aromatic nitrogens is 2. The number of ether oxygens (including phenoxy) is 1. The molecule has 0 aliphatic carbocycles. The molecule has 2 aromatic rings. The Bertz CT molecular complexity index is 861. The Morgan fingerprint density at radius 1 is 1.22 bits per heavy atom. The van der Waals surface area contributed by atoms with Crippen molar-refractivity contribution in [3.8, 4) is 11.8 Å². The number of carbonyl (C=O) groups excluding carboxylic acids is 1. The average Bonchev–Trinajstić information content (AvgIpc) is 2.46. The van der Waals surface area contributed by atoms with E-state index in [9.17, 15) is 13.2 Å². The van der Waals surface area contributed by atoms with Crippen molar-refractivity contribution in [2.45, 2.75) is 4.90 Å². The van der Waals surface area contributed by atoms with E-state index in [1.54, 1.807) is 6.07 Å². The Kier molecular flexibility index (Phi) is 4.55. The number of carbonyl (C=O) groups is 1. The van der Waals surface area contributed by atoms with Crippen molar-refractivity contribution < 1.29 is 17.9 Å². The first-order valence-electron chi connectivity index (χ1n) is 6.20. The standard InChI is InChI=1S/C13H13N5O4S/c1-23(20,21)10-7-8(11(19)18-12(14)15)3-4-9(10)22-13-16-5-2-6-17-13/h2-7H,1H3,(H4,14,15,18,19). The highest BCUT2D eigenvalue weighted by atomic mass is 32.2. The van der Waals surface area contributed by atoms with Gasteiger partial charge in [0.25, 0.3) is 5.91 Å². The molecule has 0 radical (unpaired) electrons. The van der Waals surface area contributed by atoms with Gasteiger partial charge in [0, 0.05) is 24.2 Å². The summed E-state index contributed by atoms with van der Waals surface area (Å²) in [6.45, 7) is 0. The predicted octanol–water partition coefficient (Wildman–Crippen LogP) is 0.0860. The molecule has 0 spiro atoms. The van der Waals surface area contributed by atoms with Gasteiger partial charge < -0.3 is 16.2 Å². The molecule has 0 fully saturated rings. The number of nitrogens with two attached hydrogens (primary N) is 2. The predicted molar refractivity (Wildman–Crippen MR) is 81.8 cm³/mol. The molecular formula is C13H13N5O4S. The van der Waals surface area contributed by atoms with E-state index in [-0.39, 0.29) is 22.2 Å². The van der Waals surface area contributed by atoms with Gasteiger partial charge in [-0.1, -0.05) is 0 Å². The minimum atomic E-state index is -3.68. The Balaban J connectivity index is 2.48. The third-order valence-electron chi connectivity index (χ3n) is 2.56. The molecule has 0 saturated carbocycles. The fraction of sp³-hybridized carbons (Fsp3) is 0.0769. The lowest BCUT2D eigenvalue weighted by molar-refractivity contribution is 0.100. The van der Waals surface area contributed by atoms with Crippen LogP contribution in [0.4, 0.5) is 0 Å². The van der Waals surface area contributed by atoms with Crippen LogP contribution >= 0.6 is 0 Å². The molecule has 4 N–H and O–H groups in total. The molecule has 120 valence electrons. The smallest absolute Gasteiger partial charge is 0.321 e. The third kappa shape index (κ3) is 4.23. The highest BCUT2D eigenvalue weighted by Gasteiger charge is 2.19. The van der Waals surface area contributed by atoms with Crippen molar-refractivity contribution in [3.05, 3.63) is 42.2 Å². The van der Waals surface area contributed by atoms with Crippen LogP contribution in [-0.2, 0) is 9.84 Å². The lowest BCUT2D eigenvalue weighted by atomic mass is 10.2. The third-order valence-corrected chi connectivity index (χ3v) is 3.68. The van der Waals surface area contributed by atoms with E-state index in [0.717, 1.165) is 12.3 Å². The number of sulfone groups is 1. The number of rotatable bonds is 4. The first-order valence-corrected chi connectivity index (χ1v) is 8.09. The Hall–Kier alpha value is -3.01. The number of hydrogen-bond acceptors (Lipinski definition) is 6. The number of nitrogens with zero attached hydrogens (tertiary/aromatic N) is 3. The molecule has 9 nitrogen and oxygen atoms in total. The molecule has 0 atom stereocenters. The monoisotopic (exact) mass is 335 g/mol. The highest BCUT2D eigenvalue weighted by molar-refractivity contribution is 7.90. The maximum Gasteiger partial charge on any atom is 0.321 e. The van der Waals surface area contributed by atoms with E-state index in [0.29, 0.717) is 0 Å². The molecule has 0 aliphatic rings. The average molecular weight is 335 g/mol. The second kappa shape index (κ2) is 6.40. The summed E-state index contributed by atoms with van der Waals surface area (Å²) in [4.78, 5) is 22.6. The zero-order valence-corrected chi connectivity index (χ0v) is 12.8. The van der Waals surface area contributed by atoms with Gasteiger partial charge in [0.05, 0.1) is 0 Å². The van der Waals surface area contributed by atoms with Gasteiger partial charge in [-0.15, -0.1) is 0 Å². The van der Waals surface area contributed by atoms with Gasteiger partial charge in [0.2, 0.25) is 0 Å². The molecule has 2 rings (SSSR count). The minimum absolute atomic E-state index is 0.000144. The Morgan fingerprint density at radius 3 is 2.43 bits per heavy atom. The number of hydrogen-bond donors (Lipinski definition) is 2. The fourth-order valence-electron chi connectivity index (χ4n) is 1.63. The van der Waals surface area contributed by atoms with E-state index < -0.39 is 21.7 Å². The molecule has 1 amide bonds. The maximum absolute atomic E-state index is 11.9. The molecule has 0 unspecified atom stereocenters. The summed E-state index contributed by atoms with van der Waals surface area (Å²) in [5.74, 6) is -1.20. The zero-order valence-electron chi connectivity index (χ0n) is 12.0. The first-order chi connectivity index (χ1) is 10.8. The largest absolute Gasteiger partial charge is 0.423 e. The van der Waals surface area contributed by atoms with Crippen LogP contribution in [0.15, 0.2) is 46.5 Å². The topological polar surface area (TPSA) is 151 Å². The summed E-state index contributed by atoms with van der Waals surface area (Å²) < 4.78 is 29.2. The van der Waals surface area contributed by atoms with Crippen LogP contribution in [0.1, 0.15) is 10.4 Å². The van der Waals surface area contributed by atoms with Crippen LogP contribution in [0.25, 0.3) is 0 Å². The van der Waals surface area contributed by atoms with Crippen LogP contribution in [0.3, 0.4) is 0 Å². The van der Waals surface area contributed by atoms with Gasteiger partial charge in [-0.3, -0.25) is 4.79 Å². The quantitative estimate of drug-likeness (QED) is 0.589. The molecule has 23 heavy (non-hydrogen) atoms. The van der Waals surface area contributed by atoms with Crippen molar-refractivity contribution in [3.63, 3.8) is 0 Å². The zero-order chi connectivity index (χ0) is 17.0. The van der Waals surface area contributed by atoms with Crippen LogP contribution in [0.2, 0.25) is 0 Å². The second-order valence-electron chi connectivity index (χ2n) is 4.41. The Morgan fingerprint density at radius 2 is 1.87 bits per heavy atom. The summed E-state index contributed by atoms with van der Waals surface area (Å²) in [7, 11) is -3.68. The molecule has 10 heteroatoms. The van der Waals surface area contributed by atoms with E-state index in [4.69, 9.17) is 16.2 Å². The van der Waals surface area contributed by atoms with Crippen LogP contribution < -0.4 is 16.2 Å². The van der Waals surface area contributed by atoms with Crippen molar-refractivity contribution in [2.24, 2.45) is 16.5 Å². The summed E-state index contributed by atoms with van der Waals surface area (Å²) in [6.07, 6.45) is 3.87. The van der Waals surface area contributed by atoms with Crippen molar-refractivity contribution in [1.82, 2.24) is 9.97 Å². The number of guanidine groups is 1. The number of amides is 1. The SMILES string of the molecule is CS(=O)(=O)c1cc(C(=O)N=C(N)N)ccc1Oc1ncccn1. The van der Waals surface area contributed by atoms with Gasteiger partial charge in [-0.05, 0) is 24.3 Å². The normalized spacial score (nSPS) is 10.8. The van der Waals surface area contributed by atoms with Gasteiger partial charge in [-0.25, -0.2) is 18.4 Å². The molecule has 0 saturated heterocycles. The summed E-state index contributed by atoms with van der Waals surface area (Å²) in [5, 5.41) is 0. The Labute approximate surface area is 131 Å². The minimum Gasteiger partial charge on any atom is -0.423 e. The molecule has 1 heterocycles. The van der Waals surface area contributed by atoms with Gasteiger partial charge >= 0.3 is 6.01 Å². The molecule has 1 aromatic carbocycles. The maximum atomic E-state index is 11.9. The van der Waals surface area contributed by atoms with Crippen molar-refractivity contribution in [1.29, 1.82) is 0 Å². The first kappa shape index (κ1) is 16.4. The van der Waals surface area contributed by atoms with E-state index >= 15 is 0 Å². The van der Waals surface area contributed by atoms with Crippen molar-refractivity contribution in [2.75, 3.05) is 6.26 Å². The number of aliphatic imine (C=N–C) groups is 1. The highest BCUT2D eigenvalue weighted by Crippen LogP contribution is 2.28. The summed E-state index contributed by atoms with van der Waals surface area (Å²) in [5.41, 5.74) is 10.3. The van der Waals surface area contributed by atoms with E-state index in [2.05, 4.69) is 15.0 Å². The van der Waals surface area contributed by atoms with Crippen LogP contribution in [-0.4, -0.2) is 36.5 Å². The van der Waals surface area contributed by atoms with Crippen LogP contribution in [0.5, 0.6) is 11.8 Å². The second-order valence-corrected chi connectivity index (χ2v) is 6.39. The van der Waals surface area contributed by atoms with Gasteiger partial charge in [0.1, 0.15) is 10.6 Å². The lowest BCUT2D eigenvalue weighted by Crippen LogP contribution is -2.24. The molecule has 0 aliphatic heterocycles. The van der Waals surface area contributed by atoms with Crippen molar-refractivity contribution >= 4 is 21.7 Å². The summed E-state index contributed by atoms with van der Waals surface area (Å²) >= 11 is 0.